The van der Waals surface area contributed by atoms with E-state index in [4.69, 9.17) is 0 Å². The Morgan fingerprint density at radius 2 is 2.09 bits per heavy atom. The molecule has 0 atom stereocenters. The molecule has 1 rings (SSSR count). The van der Waals surface area contributed by atoms with E-state index in [1.165, 1.54) is 0 Å². The lowest BCUT2D eigenvalue weighted by Crippen LogP contribution is -1.68. The first-order valence-electron chi connectivity index (χ1n) is 3.27. The highest BCUT2D eigenvalue weighted by molar-refractivity contribution is 7.80. The van der Waals surface area contributed by atoms with Crippen LogP contribution in [0.5, 0.6) is 0 Å². The van der Waals surface area contributed by atoms with Crippen LogP contribution in [0.15, 0.2) is 46.8 Å². The van der Waals surface area contributed by atoms with Gasteiger partial charge in [0.05, 0.1) is 5.69 Å². The molecule has 1 aromatic carbocycles. The molecule has 1 aromatic rings. The number of nitrogens with zero attached hydrogens (tertiary/aromatic N) is 1. The van der Waals surface area contributed by atoms with Gasteiger partial charge in [-0.1, -0.05) is 24.8 Å². The van der Waals surface area contributed by atoms with E-state index in [0.717, 1.165) is 10.6 Å². The molecule has 0 heterocycles. The Balaban J connectivity index is 2.94. The number of para-hydroxylation sites is 1. The Morgan fingerprint density at radius 3 is 2.73 bits per heavy atom. The van der Waals surface area contributed by atoms with Crippen LogP contribution in [-0.4, -0.2) is 6.21 Å². The number of hydrogen-bond donors (Lipinski definition) is 1. The van der Waals surface area contributed by atoms with Gasteiger partial charge in [0.1, 0.15) is 0 Å². The SMILES string of the molecule is C=C/C=N\c1ccccc1S. The molecular weight excluding hydrogens is 154 g/mol. The van der Waals surface area contributed by atoms with Crippen LogP contribution in [0.1, 0.15) is 0 Å². The molecule has 0 spiro atoms. The van der Waals surface area contributed by atoms with Crippen LogP contribution >= 0.6 is 12.6 Å². The molecule has 0 saturated heterocycles. The van der Waals surface area contributed by atoms with Crippen LogP contribution in [0.4, 0.5) is 5.69 Å². The Hall–Kier alpha value is -1.02. The Kier molecular flexibility index (Phi) is 2.93. The lowest BCUT2D eigenvalue weighted by Gasteiger charge is -1.94. The van der Waals surface area contributed by atoms with Gasteiger partial charge < -0.3 is 0 Å². The van der Waals surface area contributed by atoms with Gasteiger partial charge in [-0.05, 0) is 12.1 Å². The van der Waals surface area contributed by atoms with Gasteiger partial charge >= 0.3 is 0 Å². The molecule has 0 unspecified atom stereocenters. The van der Waals surface area contributed by atoms with Crippen molar-refractivity contribution in [1.29, 1.82) is 0 Å². The molecule has 11 heavy (non-hydrogen) atoms. The molecule has 0 aliphatic heterocycles. The normalized spacial score (nSPS) is 10.3. The van der Waals surface area contributed by atoms with Gasteiger partial charge in [0.2, 0.25) is 0 Å². The predicted octanol–water partition coefficient (Wildman–Crippen LogP) is 2.86. The zero-order chi connectivity index (χ0) is 8.10. The van der Waals surface area contributed by atoms with Crippen LogP contribution < -0.4 is 0 Å². The molecule has 2 heteroatoms. The second-order valence-electron chi connectivity index (χ2n) is 2.00. The zero-order valence-electron chi connectivity index (χ0n) is 6.07. The number of benzene rings is 1. The fraction of sp³-hybridized carbons (Fsp3) is 0. The molecule has 0 radical (unpaired) electrons. The Labute approximate surface area is 71.9 Å². The molecule has 0 fully saturated rings. The summed E-state index contributed by atoms with van der Waals surface area (Å²) in [5, 5.41) is 0. The van der Waals surface area contributed by atoms with E-state index in [1.807, 2.05) is 24.3 Å². The van der Waals surface area contributed by atoms with Crippen molar-refractivity contribution in [2.45, 2.75) is 4.90 Å². The minimum atomic E-state index is 0.871. The molecule has 0 saturated carbocycles. The van der Waals surface area contributed by atoms with Crippen LogP contribution in [0.2, 0.25) is 0 Å². The molecular formula is C9H9NS. The molecule has 0 aliphatic carbocycles. The molecule has 56 valence electrons. The van der Waals surface area contributed by atoms with Crippen LogP contribution in [0.25, 0.3) is 0 Å². The van der Waals surface area contributed by atoms with E-state index in [-0.39, 0.29) is 0 Å². The Morgan fingerprint density at radius 1 is 1.36 bits per heavy atom. The predicted molar refractivity (Wildman–Crippen MR) is 52.0 cm³/mol. The van der Waals surface area contributed by atoms with Crippen LogP contribution in [0.3, 0.4) is 0 Å². The summed E-state index contributed by atoms with van der Waals surface area (Å²) in [5.41, 5.74) is 0.871. The van der Waals surface area contributed by atoms with E-state index in [2.05, 4.69) is 24.2 Å². The summed E-state index contributed by atoms with van der Waals surface area (Å²) < 4.78 is 0. The van der Waals surface area contributed by atoms with Crippen molar-refractivity contribution in [2.75, 3.05) is 0 Å². The highest BCUT2D eigenvalue weighted by Crippen LogP contribution is 2.20. The second-order valence-corrected chi connectivity index (χ2v) is 2.48. The van der Waals surface area contributed by atoms with Gasteiger partial charge in [-0.25, -0.2) is 0 Å². The van der Waals surface area contributed by atoms with Crippen molar-refractivity contribution in [3.8, 4) is 0 Å². The minimum Gasteiger partial charge on any atom is -0.256 e. The maximum atomic E-state index is 4.22. The van der Waals surface area contributed by atoms with Gasteiger partial charge in [-0.3, -0.25) is 4.99 Å². The summed E-state index contributed by atoms with van der Waals surface area (Å²) in [4.78, 5) is 4.99. The smallest absolute Gasteiger partial charge is 0.0762 e. The van der Waals surface area contributed by atoms with Crippen LogP contribution in [0, 0.1) is 0 Å². The minimum absolute atomic E-state index is 0.871. The summed E-state index contributed by atoms with van der Waals surface area (Å²) in [7, 11) is 0. The molecule has 0 N–H and O–H groups in total. The van der Waals surface area contributed by atoms with Crippen LogP contribution in [-0.2, 0) is 0 Å². The highest BCUT2D eigenvalue weighted by Gasteiger charge is 1.90. The first-order valence-corrected chi connectivity index (χ1v) is 3.72. The van der Waals surface area contributed by atoms with E-state index in [9.17, 15) is 0 Å². The molecule has 0 amide bonds. The highest BCUT2D eigenvalue weighted by atomic mass is 32.1. The average Bonchev–Trinajstić information content (AvgIpc) is 2.03. The van der Waals surface area contributed by atoms with E-state index < -0.39 is 0 Å². The van der Waals surface area contributed by atoms with Crippen molar-refractivity contribution in [2.24, 2.45) is 4.99 Å². The number of hydrogen-bond acceptors (Lipinski definition) is 2. The van der Waals surface area contributed by atoms with E-state index >= 15 is 0 Å². The maximum Gasteiger partial charge on any atom is 0.0762 e. The average molecular weight is 163 g/mol. The van der Waals surface area contributed by atoms with Crippen molar-refractivity contribution in [3.63, 3.8) is 0 Å². The first-order chi connectivity index (χ1) is 5.34. The standard InChI is InChI=1S/C9H9NS/c1-2-7-10-8-5-3-4-6-9(8)11/h2-7,11H,1H2/b10-7-. The summed E-state index contributed by atoms with van der Waals surface area (Å²) in [5.74, 6) is 0. The number of thiol groups is 1. The van der Waals surface area contributed by atoms with E-state index in [0.29, 0.717) is 0 Å². The van der Waals surface area contributed by atoms with Gasteiger partial charge in [0, 0.05) is 11.1 Å². The third-order valence-electron chi connectivity index (χ3n) is 1.20. The van der Waals surface area contributed by atoms with Crippen molar-refractivity contribution in [1.82, 2.24) is 0 Å². The van der Waals surface area contributed by atoms with Gasteiger partial charge in [-0.15, -0.1) is 12.6 Å². The third-order valence-corrected chi connectivity index (χ3v) is 1.58. The van der Waals surface area contributed by atoms with Gasteiger partial charge in [0.25, 0.3) is 0 Å². The second kappa shape index (κ2) is 3.98. The number of allylic oxidation sites excluding steroid dienone is 1. The van der Waals surface area contributed by atoms with Gasteiger partial charge in [-0.2, -0.15) is 0 Å². The summed E-state index contributed by atoms with van der Waals surface area (Å²) in [6.45, 7) is 3.53. The lowest BCUT2D eigenvalue weighted by atomic mass is 10.3. The summed E-state index contributed by atoms with van der Waals surface area (Å²) in [6.07, 6.45) is 3.29. The maximum absolute atomic E-state index is 4.22. The summed E-state index contributed by atoms with van der Waals surface area (Å²) in [6, 6.07) is 7.66. The molecule has 0 aliphatic rings. The molecule has 0 bridgehead atoms. The quantitative estimate of drug-likeness (QED) is 0.508. The number of aliphatic imine (C=N–C) groups is 1. The third kappa shape index (κ3) is 2.24. The monoisotopic (exact) mass is 163 g/mol. The lowest BCUT2D eigenvalue weighted by molar-refractivity contribution is 1.39. The fourth-order valence-electron chi connectivity index (χ4n) is 0.706. The molecule has 0 aromatic heterocycles. The molecule has 1 nitrogen and oxygen atoms in total. The van der Waals surface area contributed by atoms with Crippen molar-refractivity contribution in [3.05, 3.63) is 36.9 Å². The summed E-state index contributed by atoms with van der Waals surface area (Å²) >= 11 is 4.22. The first kappa shape index (κ1) is 8.08. The van der Waals surface area contributed by atoms with E-state index in [1.54, 1.807) is 12.3 Å². The fourth-order valence-corrected chi connectivity index (χ4v) is 0.925. The van der Waals surface area contributed by atoms with Crippen molar-refractivity contribution < 1.29 is 0 Å². The zero-order valence-corrected chi connectivity index (χ0v) is 6.96. The Bertz CT molecular complexity index is 279. The van der Waals surface area contributed by atoms with Crippen molar-refractivity contribution >= 4 is 24.5 Å². The topological polar surface area (TPSA) is 12.4 Å². The number of rotatable bonds is 2. The largest absolute Gasteiger partial charge is 0.256 e. The van der Waals surface area contributed by atoms with Gasteiger partial charge in [0.15, 0.2) is 0 Å².